The second kappa shape index (κ2) is 15.0. The first-order valence-corrected chi connectivity index (χ1v) is 13.2. The number of carboxylic acids is 1. The summed E-state index contributed by atoms with van der Waals surface area (Å²) in [7, 11) is 0. The lowest BCUT2D eigenvalue weighted by molar-refractivity contribution is -0.139. The molecule has 0 bridgehead atoms. The molecule has 3 aromatic carbocycles. The van der Waals surface area contributed by atoms with Crippen LogP contribution in [-0.2, 0) is 22.7 Å². The minimum absolute atomic E-state index is 0.139. The molecule has 2 atom stereocenters. The van der Waals surface area contributed by atoms with Crippen molar-refractivity contribution in [3.63, 3.8) is 0 Å². The summed E-state index contributed by atoms with van der Waals surface area (Å²) in [4.78, 5) is 28.2. The lowest BCUT2D eigenvalue weighted by atomic mass is 9.83. The van der Waals surface area contributed by atoms with Gasteiger partial charge in [-0.25, -0.2) is 0 Å². The third-order valence-corrected chi connectivity index (χ3v) is 6.76. The maximum absolute atomic E-state index is 13.8. The van der Waals surface area contributed by atoms with Crippen LogP contribution in [-0.4, -0.2) is 28.3 Å². The minimum atomic E-state index is -0.863. The van der Waals surface area contributed by atoms with Crippen LogP contribution < -0.4 is 0 Å². The molecule has 0 aliphatic heterocycles. The van der Waals surface area contributed by atoms with E-state index in [0.29, 0.717) is 26.1 Å². The third-order valence-electron chi connectivity index (χ3n) is 6.76. The lowest BCUT2D eigenvalue weighted by Gasteiger charge is -2.26. The third kappa shape index (κ3) is 9.09. The molecule has 0 aliphatic rings. The van der Waals surface area contributed by atoms with Gasteiger partial charge in [0.2, 0.25) is 0 Å². The van der Waals surface area contributed by atoms with E-state index >= 15 is 0 Å². The number of nitrogens with zero attached hydrogens (tertiary/aromatic N) is 1. The number of hydrogen-bond donors (Lipinski definition) is 1. The number of ketones is 1. The van der Waals surface area contributed by atoms with E-state index in [2.05, 4.69) is 36.1 Å². The molecule has 190 valence electrons. The van der Waals surface area contributed by atoms with E-state index in [-0.39, 0.29) is 11.7 Å². The average molecular weight is 486 g/mol. The van der Waals surface area contributed by atoms with Gasteiger partial charge >= 0.3 is 5.97 Å². The number of carbonyl (C=O) groups is 2. The van der Waals surface area contributed by atoms with Crippen LogP contribution in [0.3, 0.4) is 0 Å². The van der Waals surface area contributed by atoms with Crippen molar-refractivity contribution in [2.45, 2.75) is 64.5 Å². The van der Waals surface area contributed by atoms with Gasteiger partial charge in [0.05, 0.1) is 12.5 Å². The molecule has 0 spiro atoms. The zero-order valence-electron chi connectivity index (χ0n) is 21.4. The molecule has 4 nitrogen and oxygen atoms in total. The number of unbranched alkanes of at least 4 members (excludes halogenated alkanes) is 3. The molecule has 0 aromatic heterocycles. The van der Waals surface area contributed by atoms with Crippen LogP contribution in [0.5, 0.6) is 0 Å². The average Bonchev–Trinajstić information content (AvgIpc) is 2.89. The molecule has 0 amide bonds. The van der Waals surface area contributed by atoms with E-state index in [0.717, 1.165) is 48.8 Å². The molecule has 0 aliphatic carbocycles. The van der Waals surface area contributed by atoms with Gasteiger partial charge in [-0.2, -0.15) is 0 Å². The summed E-state index contributed by atoms with van der Waals surface area (Å²) in [5, 5.41) is 10.0. The van der Waals surface area contributed by atoms with Crippen molar-refractivity contribution in [3.05, 3.63) is 108 Å². The Hall–Kier alpha value is -3.24. The first kappa shape index (κ1) is 27.3. The van der Waals surface area contributed by atoms with Crippen molar-refractivity contribution in [2.24, 2.45) is 5.92 Å². The monoisotopic (exact) mass is 485 g/mol. The number of carbonyl (C=O) groups excluding carboxylic acids is 1. The summed E-state index contributed by atoms with van der Waals surface area (Å²) in [6, 6.07) is 29.7. The smallest absolute Gasteiger partial charge is 0.310 e. The van der Waals surface area contributed by atoms with E-state index < -0.39 is 11.9 Å². The normalized spacial score (nSPS) is 12.8. The highest BCUT2D eigenvalue weighted by Crippen LogP contribution is 2.28. The van der Waals surface area contributed by atoms with E-state index in [1.807, 2.05) is 66.7 Å². The van der Waals surface area contributed by atoms with Gasteiger partial charge in [0.1, 0.15) is 5.78 Å². The number of benzene rings is 3. The van der Waals surface area contributed by atoms with Crippen molar-refractivity contribution < 1.29 is 14.7 Å². The van der Waals surface area contributed by atoms with E-state index in [4.69, 9.17) is 0 Å². The molecule has 1 N–H and O–H groups in total. The van der Waals surface area contributed by atoms with E-state index in [9.17, 15) is 14.7 Å². The van der Waals surface area contributed by atoms with Crippen LogP contribution in [0, 0.1) is 5.92 Å². The molecule has 3 rings (SSSR count). The molecule has 3 aromatic rings. The van der Waals surface area contributed by atoms with Crippen LogP contribution >= 0.6 is 0 Å². The van der Waals surface area contributed by atoms with Crippen LogP contribution in [0.1, 0.15) is 68.1 Å². The van der Waals surface area contributed by atoms with Crippen LogP contribution in [0.15, 0.2) is 91.0 Å². The second-order valence-corrected chi connectivity index (χ2v) is 9.67. The molecule has 36 heavy (non-hydrogen) atoms. The molecule has 0 radical (unpaired) electrons. The lowest BCUT2D eigenvalue weighted by Crippen LogP contribution is -2.34. The Morgan fingerprint density at radius 2 is 1.28 bits per heavy atom. The van der Waals surface area contributed by atoms with Crippen molar-refractivity contribution in [2.75, 3.05) is 6.54 Å². The number of hydrogen-bond acceptors (Lipinski definition) is 3. The van der Waals surface area contributed by atoms with Gasteiger partial charge < -0.3 is 5.11 Å². The molecular formula is C32H39NO3. The molecule has 0 saturated heterocycles. The van der Waals surface area contributed by atoms with Crippen LogP contribution in [0.25, 0.3) is 0 Å². The number of carboxylic acid groups (broad SMARTS) is 1. The fraction of sp³-hybridized carbons (Fsp3) is 0.375. The highest BCUT2D eigenvalue weighted by Gasteiger charge is 2.29. The van der Waals surface area contributed by atoms with Crippen molar-refractivity contribution >= 4 is 11.8 Å². The maximum atomic E-state index is 13.8. The van der Waals surface area contributed by atoms with Crippen molar-refractivity contribution in [1.82, 2.24) is 4.90 Å². The van der Waals surface area contributed by atoms with Gasteiger partial charge in [0.25, 0.3) is 0 Å². The number of Topliss-reactive ketones (excluding diaryl/α,β-unsaturated/α-hetero) is 1. The SMILES string of the molecule is CCCCCCC(CC(C(=O)O)c1ccccc1)C(=O)CN(Cc1ccccc1)Cc1ccccc1. The predicted molar refractivity (Wildman–Crippen MR) is 146 cm³/mol. The van der Waals surface area contributed by atoms with E-state index in [1.165, 1.54) is 0 Å². The van der Waals surface area contributed by atoms with Gasteiger partial charge in [-0.1, -0.05) is 124 Å². The predicted octanol–water partition coefficient (Wildman–Crippen LogP) is 7.10. The largest absolute Gasteiger partial charge is 0.481 e. The summed E-state index contributed by atoms with van der Waals surface area (Å²) < 4.78 is 0. The van der Waals surface area contributed by atoms with Crippen molar-refractivity contribution in [3.8, 4) is 0 Å². The quantitative estimate of drug-likeness (QED) is 0.220. The van der Waals surface area contributed by atoms with Gasteiger partial charge in [-0.3, -0.25) is 14.5 Å². The summed E-state index contributed by atoms with van der Waals surface area (Å²) in [5.41, 5.74) is 3.09. The topological polar surface area (TPSA) is 57.6 Å². The first-order valence-electron chi connectivity index (χ1n) is 13.2. The van der Waals surface area contributed by atoms with Gasteiger partial charge in [0, 0.05) is 19.0 Å². The highest BCUT2D eigenvalue weighted by molar-refractivity contribution is 5.84. The van der Waals surface area contributed by atoms with Gasteiger partial charge in [-0.05, 0) is 29.5 Å². The fourth-order valence-corrected chi connectivity index (χ4v) is 4.78. The molecular weight excluding hydrogens is 446 g/mol. The van der Waals surface area contributed by atoms with Gasteiger partial charge in [0.15, 0.2) is 0 Å². The molecule has 0 heterocycles. The maximum Gasteiger partial charge on any atom is 0.310 e. The Kier molecular flexibility index (Phi) is 11.4. The number of rotatable bonds is 16. The fourth-order valence-electron chi connectivity index (χ4n) is 4.78. The summed E-state index contributed by atoms with van der Waals surface area (Å²) in [6.45, 7) is 3.82. The highest BCUT2D eigenvalue weighted by atomic mass is 16.4. The Morgan fingerprint density at radius 3 is 1.78 bits per heavy atom. The zero-order chi connectivity index (χ0) is 25.6. The molecule has 4 heteroatoms. The van der Waals surface area contributed by atoms with Crippen molar-refractivity contribution in [1.29, 1.82) is 0 Å². The summed E-state index contributed by atoms with van der Waals surface area (Å²) in [6.07, 6.45) is 5.36. The Morgan fingerprint density at radius 1 is 0.750 bits per heavy atom. The Bertz CT molecular complexity index is 995. The summed E-state index contributed by atoms with van der Waals surface area (Å²) >= 11 is 0. The van der Waals surface area contributed by atoms with Crippen LogP contribution in [0.4, 0.5) is 0 Å². The molecule has 2 unspecified atom stereocenters. The summed E-state index contributed by atoms with van der Waals surface area (Å²) in [5.74, 6) is -1.68. The van der Waals surface area contributed by atoms with E-state index in [1.54, 1.807) is 0 Å². The Labute approximate surface area is 216 Å². The minimum Gasteiger partial charge on any atom is -0.481 e. The second-order valence-electron chi connectivity index (χ2n) is 9.67. The standard InChI is InChI=1S/C32H39NO3/c1-2-3-4-12-21-29(22-30(32(35)36)28-19-13-7-14-20-28)31(34)25-33(23-26-15-8-5-9-16-26)24-27-17-10-6-11-18-27/h5-11,13-20,29-30H,2-4,12,21-25H2,1H3,(H,35,36). The first-order chi connectivity index (χ1) is 17.6. The van der Waals surface area contributed by atoms with Crippen LogP contribution in [0.2, 0.25) is 0 Å². The number of aliphatic carboxylic acids is 1. The van der Waals surface area contributed by atoms with Gasteiger partial charge in [-0.15, -0.1) is 0 Å². The molecule has 0 fully saturated rings. The zero-order valence-corrected chi connectivity index (χ0v) is 21.4. The molecule has 0 saturated carbocycles. The Balaban J connectivity index is 1.78.